The van der Waals surface area contributed by atoms with E-state index in [1.165, 1.54) is 0 Å². The number of nitrogens with two attached hydrogens (primary N) is 2. The molecule has 1 aromatic carbocycles. The van der Waals surface area contributed by atoms with Gasteiger partial charge < -0.3 is 11.5 Å². The SMILES string of the molecule is Cl.Cl.NCc1ccc2c(N)n[nH]c2c1. The van der Waals surface area contributed by atoms with Crippen LogP contribution in [0.15, 0.2) is 18.2 Å². The van der Waals surface area contributed by atoms with Crippen LogP contribution in [0.2, 0.25) is 0 Å². The van der Waals surface area contributed by atoms with Crippen LogP contribution in [0.5, 0.6) is 0 Å². The number of aromatic amines is 1. The number of fused-ring (bicyclic) bond motifs is 1. The van der Waals surface area contributed by atoms with Gasteiger partial charge in [-0.25, -0.2) is 0 Å². The minimum atomic E-state index is 0. The molecule has 2 rings (SSSR count). The molecule has 0 unspecified atom stereocenters. The predicted octanol–water partition coefficient (Wildman–Crippen LogP) is 1.45. The lowest BCUT2D eigenvalue weighted by Gasteiger charge is -1.95. The van der Waals surface area contributed by atoms with E-state index < -0.39 is 0 Å². The molecule has 0 saturated heterocycles. The highest BCUT2D eigenvalue weighted by molar-refractivity contribution is 5.88. The van der Waals surface area contributed by atoms with E-state index >= 15 is 0 Å². The summed E-state index contributed by atoms with van der Waals surface area (Å²) >= 11 is 0. The number of hydrogen-bond donors (Lipinski definition) is 3. The van der Waals surface area contributed by atoms with Gasteiger partial charge in [-0.1, -0.05) is 6.07 Å². The summed E-state index contributed by atoms with van der Waals surface area (Å²) in [6.45, 7) is 0.537. The summed E-state index contributed by atoms with van der Waals surface area (Å²) in [6, 6.07) is 5.84. The van der Waals surface area contributed by atoms with E-state index in [-0.39, 0.29) is 24.8 Å². The molecule has 2 aromatic rings. The third kappa shape index (κ3) is 2.09. The fraction of sp³-hybridized carbons (Fsp3) is 0.125. The molecular formula is C8H12Cl2N4. The van der Waals surface area contributed by atoms with Crippen LogP contribution in [0.1, 0.15) is 5.56 Å². The molecule has 0 fully saturated rings. The summed E-state index contributed by atoms with van der Waals surface area (Å²) in [7, 11) is 0. The number of benzene rings is 1. The van der Waals surface area contributed by atoms with Gasteiger partial charge >= 0.3 is 0 Å². The van der Waals surface area contributed by atoms with Crippen molar-refractivity contribution >= 4 is 41.5 Å². The summed E-state index contributed by atoms with van der Waals surface area (Å²) in [4.78, 5) is 0. The zero-order chi connectivity index (χ0) is 8.55. The van der Waals surface area contributed by atoms with E-state index in [0.717, 1.165) is 16.5 Å². The Hall–Kier alpha value is -0.970. The lowest BCUT2D eigenvalue weighted by atomic mass is 10.1. The molecule has 0 amide bonds. The van der Waals surface area contributed by atoms with Crippen molar-refractivity contribution in [3.05, 3.63) is 23.8 Å². The van der Waals surface area contributed by atoms with Gasteiger partial charge in [0.1, 0.15) is 0 Å². The molecule has 0 atom stereocenters. The van der Waals surface area contributed by atoms with E-state index in [1.54, 1.807) is 0 Å². The molecule has 0 bridgehead atoms. The van der Waals surface area contributed by atoms with E-state index in [2.05, 4.69) is 10.2 Å². The van der Waals surface area contributed by atoms with Crippen molar-refractivity contribution in [2.45, 2.75) is 6.54 Å². The third-order valence-corrected chi connectivity index (χ3v) is 1.89. The summed E-state index contributed by atoms with van der Waals surface area (Å²) in [5.74, 6) is 0.536. The van der Waals surface area contributed by atoms with Crippen LogP contribution in [0.3, 0.4) is 0 Å². The lowest BCUT2D eigenvalue weighted by molar-refractivity contribution is 1.07. The Kier molecular flexibility index (Phi) is 4.70. The second kappa shape index (κ2) is 5.05. The molecule has 4 nitrogen and oxygen atoms in total. The van der Waals surface area contributed by atoms with Crippen molar-refractivity contribution in [1.29, 1.82) is 0 Å². The maximum atomic E-state index is 5.59. The van der Waals surface area contributed by atoms with Crippen molar-refractivity contribution in [3.63, 3.8) is 0 Å². The van der Waals surface area contributed by atoms with Gasteiger partial charge in [0, 0.05) is 11.9 Å². The minimum Gasteiger partial charge on any atom is -0.382 e. The Balaban J connectivity index is 0.000000845. The van der Waals surface area contributed by atoms with E-state index in [1.807, 2.05) is 18.2 Å². The van der Waals surface area contributed by atoms with E-state index in [0.29, 0.717) is 12.4 Å². The minimum absolute atomic E-state index is 0. The summed E-state index contributed by atoms with van der Waals surface area (Å²) in [5.41, 5.74) is 13.1. The first-order chi connectivity index (χ1) is 5.81. The third-order valence-electron chi connectivity index (χ3n) is 1.89. The lowest BCUT2D eigenvalue weighted by Crippen LogP contribution is -1.95. The average molecular weight is 235 g/mol. The highest BCUT2D eigenvalue weighted by Gasteiger charge is 2.00. The monoisotopic (exact) mass is 234 g/mol. The number of hydrogen-bond acceptors (Lipinski definition) is 3. The summed E-state index contributed by atoms with van der Waals surface area (Å²) in [6.07, 6.45) is 0. The zero-order valence-corrected chi connectivity index (χ0v) is 8.99. The normalized spacial score (nSPS) is 9.21. The van der Waals surface area contributed by atoms with Crippen LogP contribution in [-0.4, -0.2) is 10.2 Å². The van der Waals surface area contributed by atoms with Crippen molar-refractivity contribution < 1.29 is 0 Å². The number of anilines is 1. The van der Waals surface area contributed by atoms with Gasteiger partial charge in [-0.2, -0.15) is 5.10 Å². The topological polar surface area (TPSA) is 80.7 Å². The first kappa shape index (κ1) is 13.0. The van der Waals surface area contributed by atoms with E-state index in [4.69, 9.17) is 11.5 Å². The molecule has 0 spiro atoms. The largest absolute Gasteiger partial charge is 0.382 e. The molecule has 1 heterocycles. The van der Waals surface area contributed by atoms with Gasteiger partial charge in [0.2, 0.25) is 0 Å². The fourth-order valence-electron chi connectivity index (χ4n) is 1.21. The van der Waals surface area contributed by atoms with Gasteiger partial charge in [-0.3, -0.25) is 5.10 Å². The van der Waals surface area contributed by atoms with Crippen molar-refractivity contribution in [2.75, 3.05) is 5.73 Å². The average Bonchev–Trinajstić information content (AvgIpc) is 2.47. The molecule has 0 radical (unpaired) electrons. The zero-order valence-electron chi connectivity index (χ0n) is 7.36. The second-order valence-corrected chi connectivity index (χ2v) is 2.69. The summed E-state index contributed by atoms with van der Waals surface area (Å²) < 4.78 is 0. The number of aromatic nitrogens is 2. The van der Waals surface area contributed by atoms with Crippen LogP contribution in [0, 0.1) is 0 Å². The van der Waals surface area contributed by atoms with Crippen LogP contribution >= 0.6 is 24.8 Å². The Morgan fingerprint density at radius 1 is 1.29 bits per heavy atom. The van der Waals surface area contributed by atoms with Gasteiger partial charge in [-0.05, 0) is 17.7 Å². The number of H-pyrrole nitrogens is 1. The number of nitrogens with one attached hydrogen (secondary N) is 1. The fourth-order valence-corrected chi connectivity index (χ4v) is 1.21. The molecule has 0 aliphatic carbocycles. The van der Waals surface area contributed by atoms with Crippen molar-refractivity contribution in [1.82, 2.24) is 10.2 Å². The quantitative estimate of drug-likeness (QED) is 0.699. The smallest absolute Gasteiger partial charge is 0.153 e. The molecule has 0 aliphatic heterocycles. The molecule has 78 valence electrons. The maximum Gasteiger partial charge on any atom is 0.153 e. The molecule has 0 aliphatic rings. The first-order valence-corrected chi connectivity index (χ1v) is 3.74. The Morgan fingerprint density at radius 2 is 2.00 bits per heavy atom. The molecule has 5 N–H and O–H groups in total. The van der Waals surface area contributed by atoms with Gasteiger partial charge in [0.15, 0.2) is 5.82 Å². The first-order valence-electron chi connectivity index (χ1n) is 3.74. The van der Waals surface area contributed by atoms with Gasteiger partial charge in [0.05, 0.1) is 5.52 Å². The number of nitrogen functional groups attached to an aromatic ring is 1. The second-order valence-electron chi connectivity index (χ2n) is 2.69. The number of rotatable bonds is 1. The van der Waals surface area contributed by atoms with Crippen molar-refractivity contribution in [3.8, 4) is 0 Å². The standard InChI is InChI=1S/C8H10N4.2ClH/c9-4-5-1-2-6-7(3-5)11-12-8(6)10;;/h1-3H,4,9H2,(H3,10,11,12);2*1H. The van der Waals surface area contributed by atoms with Gasteiger partial charge in [-0.15, -0.1) is 24.8 Å². The number of nitrogens with zero attached hydrogens (tertiary/aromatic N) is 1. The van der Waals surface area contributed by atoms with Crippen LogP contribution in [0.25, 0.3) is 10.9 Å². The Bertz CT molecular complexity index is 413. The molecule has 1 aromatic heterocycles. The van der Waals surface area contributed by atoms with Crippen molar-refractivity contribution in [2.24, 2.45) is 5.73 Å². The molecule has 0 saturated carbocycles. The molecule has 14 heavy (non-hydrogen) atoms. The van der Waals surface area contributed by atoms with Crippen LogP contribution in [0.4, 0.5) is 5.82 Å². The molecular weight excluding hydrogens is 223 g/mol. The highest BCUT2D eigenvalue weighted by Crippen LogP contribution is 2.18. The summed E-state index contributed by atoms with van der Waals surface area (Å²) in [5, 5.41) is 7.67. The number of halogens is 2. The van der Waals surface area contributed by atoms with Gasteiger partial charge in [0.25, 0.3) is 0 Å². The van der Waals surface area contributed by atoms with Crippen LogP contribution < -0.4 is 11.5 Å². The highest BCUT2D eigenvalue weighted by atomic mass is 35.5. The predicted molar refractivity (Wildman–Crippen MR) is 62.9 cm³/mol. The Morgan fingerprint density at radius 3 is 2.64 bits per heavy atom. The molecule has 6 heteroatoms. The Labute approximate surface area is 93.9 Å². The van der Waals surface area contributed by atoms with Crippen LogP contribution in [-0.2, 0) is 6.54 Å². The maximum absolute atomic E-state index is 5.59. The van der Waals surface area contributed by atoms with E-state index in [9.17, 15) is 0 Å².